The number of rotatable bonds is 2. The van der Waals surface area contributed by atoms with Crippen LogP contribution >= 0.6 is 0 Å². The summed E-state index contributed by atoms with van der Waals surface area (Å²) >= 11 is 0. The molecule has 0 aromatic heterocycles. The standard InChI is InChI=1S/C16H25N/c1-15(2)11-16(3,4)13-17(12-15)10-14-8-6-5-7-9-14/h5-9H,10-13H2,1-4H3. The normalized spacial score (nSPS) is 23.5. The Morgan fingerprint density at radius 3 is 2.00 bits per heavy atom. The van der Waals surface area contributed by atoms with E-state index in [-0.39, 0.29) is 0 Å². The van der Waals surface area contributed by atoms with Gasteiger partial charge in [0.1, 0.15) is 0 Å². The Morgan fingerprint density at radius 1 is 0.941 bits per heavy atom. The molecule has 2 rings (SSSR count). The van der Waals surface area contributed by atoms with Crippen LogP contribution in [-0.4, -0.2) is 18.0 Å². The van der Waals surface area contributed by atoms with Gasteiger partial charge < -0.3 is 0 Å². The summed E-state index contributed by atoms with van der Waals surface area (Å²) in [5.41, 5.74) is 2.31. The second kappa shape index (κ2) is 4.45. The van der Waals surface area contributed by atoms with Crippen LogP contribution in [0.15, 0.2) is 30.3 Å². The first-order chi connectivity index (χ1) is 7.86. The van der Waals surface area contributed by atoms with Crippen LogP contribution in [-0.2, 0) is 6.54 Å². The molecule has 1 saturated heterocycles. The zero-order chi connectivity index (χ0) is 12.5. The van der Waals surface area contributed by atoms with Gasteiger partial charge in [0, 0.05) is 19.6 Å². The van der Waals surface area contributed by atoms with Crippen LogP contribution in [0.2, 0.25) is 0 Å². The quantitative estimate of drug-likeness (QED) is 0.745. The van der Waals surface area contributed by atoms with E-state index in [9.17, 15) is 0 Å². The highest BCUT2D eigenvalue weighted by Crippen LogP contribution is 2.39. The van der Waals surface area contributed by atoms with Gasteiger partial charge in [-0.1, -0.05) is 58.0 Å². The fraction of sp³-hybridized carbons (Fsp3) is 0.625. The predicted octanol–water partition coefficient (Wildman–Crippen LogP) is 3.94. The molecule has 1 nitrogen and oxygen atoms in total. The SMILES string of the molecule is CC1(C)CN(Cc2ccccc2)CC(C)(C)C1. The summed E-state index contributed by atoms with van der Waals surface area (Å²) in [6.45, 7) is 13.1. The molecule has 0 spiro atoms. The lowest BCUT2D eigenvalue weighted by Gasteiger charge is -2.47. The fourth-order valence-corrected chi connectivity index (χ4v) is 3.63. The van der Waals surface area contributed by atoms with Gasteiger partial charge >= 0.3 is 0 Å². The van der Waals surface area contributed by atoms with Crippen LogP contribution in [0, 0.1) is 10.8 Å². The molecule has 17 heavy (non-hydrogen) atoms. The summed E-state index contributed by atoms with van der Waals surface area (Å²) < 4.78 is 0. The number of nitrogens with zero attached hydrogens (tertiary/aromatic N) is 1. The van der Waals surface area contributed by atoms with Crippen molar-refractivity contribution >= 4 is 0 Å². The van der Waals surface area contributed by atoms with E-state index in [0.717, 1.165) is 6.54 Å². The van der Waals surface area contributed by atoms with Crippen molar-refractivity contribution in [2.75, 3.05) is 13.1 Å². The summed E-state index contributed by atoms with van der Waals surface area (Å²) in [6, 6.07) is 10.8. The molecule has 0 atom stereocenters. The van der Waals surface area contributed by atoms with E-state index in [1.165, 1.54) is 25.1 Å². The third-order valence-electron chi connectivity index (χ3n) is 3.51. The van der Waals surface area contributed by atoms with Crippen LogP contribution in [0.1, 0.15) is 39.7 Å². The molecular weight excluding hydrogens is 206 g/mol. The van der Waals surface area contributed by atoms with Gasteiger partial charge in [0.2, 0.25) is 0 Å². The summed E-state index contributed by atoms with van der Waals surface area (Å²) in [7, 11) is 0. The average molecular weight is 231 g/mol. The molecule has 0 aliphatic carbocycles. The Balaban J connectivity index is 2.06. The third-order valence-corrected chi connectivity index (χ3v) is 3.51. The average Bonchev–Trinajstić information content (AvgIpc) is 2.13. The Hall–Kier alpha value is -0.820. The van der Waals surface area contributed by atoms with Gasteiger partial charge in [-0.25, -0.2) is 0 Å². The largest absolute Gasteiger partial charge is 0.298 e. The molecule has 1 aliphatic heterocycles. The van der Waals surface area contributed by atoms with E-state index in [1.807, 2.05) is 0 Å². The summed E-state index contributed by atoms with van der Waals surface area (Å²) in [6.07, 6.45) is 1.32. The molecule has 1 fully saturated rings. The smallest absolute Gasteiger partial charge is 0.0234 e. The first kappa shape index (κ1) is 12.6. The Kier molecular flexibility index (Phi) is 3.31. The van der Waals surface area contributed by atoms with Crippen molar-refractivity contribution in [1.29, 1.82) is 0 Å². The molecule has 1 heteroatoms. The molecule has 1 aromatic carbocycles. The molecule has 0 bridgehead atoms. The number of piperidine rings is 1. The minimum atomic E-state index is 0.441. The maximum absolute atomic E-state index is 2.61. The number of hydrogen-bond donors (Lipinski definition) is 0. The van der Waals surface area contributed by atoms with E-state index in [4.69, 9.17) is 0 Å². The Labute approximate surface area is 106 Å². The molecule has 1 aromatic rings. The zero-order valence-corrected chi connectivity index (χ0v) is 11.7. The minimum Gasteiger partial charge on any atom is -0.298 e. The topological polar surface area (TPSA) is 3.24 Å². The van der Waals surface area contributed by atoms with Crippen molar-refractivity contribution in [3.63, 3.8) is 0 Å². The van der Waals surface area contributed by atoms with Crippen molar-refractivity contribution in [2.24, 2.45) is 10.8 Å². The van der Waals surface area contributed by atoms with Crippen LogP contribution in [0.3, 0.4) is 0 Å². The van der Waals surface area contributed by atoms with E-state index in [0.29, 0.717) is 10.8 Å². The van der Waals surface area contributed by atoms with E-state index >= 15 is 0 Å². The second-order valence-corrected chi connectivity index (χ2v) is 7.14. The van der Waals surface area contributed by atoms with Gasteiger partial charge in [0.25, 0.3) is 0 Å². The first-order valence-corrected chi connectivity index (χ1v) is 6.63. The lowest BCUT2D eigenvalue weighted by Crippen LogP contribution is -2.47. The highest BCUT2D eigenvalue weighted by molar-refractivity contribution is 5.14. The second-order valence-electron chi connectivity index (χ2n) is 7.14. The van der Waals surface area contributed by atoms with E-state index in [2.05, 4.69) is 62.9 Å². The predicted molar refractivity (Wildman–Crippen MR) is 73.9 cm³/mol. The Bertz CT molecular complexity index is 348. The van der Waals surface area contributed by atoms with E-state index < -0.39 is 0 Å². The molecule has 0 N–H and O–H groups in total. The highest BCUT2D eigenvalue weighted by atomic mass is 15.1. The summed E-state index contributed by atoms with van der Waals surface area (Å²) in [4.78, 5) is 2.61. The van der Waals surface area contributed by atoms with Crippen LogP contribution < -0.4 is 0 Å². The van der Waals surface area contributed by atoms with E-state index in [1.54, 1.807) is 0 Å². The molecular formula is C16H25N. The van der Waals surface area contributed by atoms with Crippen LogP contribution in [0.25, 0.3) is 0 Å². The van der Waals surface area contributed by atoms with Gasteiger partial charge in [0.05, 0.1) is 0 Å². The van der Waals surface area contributed by atoms with Gasteiger partial charge in [-0.3, -0.25) is 4.90 Å². The first-order valence-electron chi connectivity index (χ1n) is 6.63. The molecule has 0 amide bonds. The molecule has 0 unspecified atom stereocenters. The molecule has 1 heterocycles. The van der Waals surface area contributed by atoms with Gasteiger partial charge in [-0.05, 0) is 22.8 Å². The summed E-state index contributed by atoms with van der Waals surface area (Å²) in [5, 5.41) is 0. The maximum atomic E-state index is 2.61. The van der Waals surface area contributed by atoms with Crippen LogP contribution in [0.4, 0.5) is 0 Å². The third kappa shape index (κ3) is 3.57. The molecule has 94 valence electrons. The lowest BCUT2D eigenvalue weighted by molar-refractivity contribution is 0.0230. The van der Waals surface area contributed by atoms with Gasteiger partial charge in [0.15, 0.2) is 0 Å². The summed E-state index contributed by atoms with van der Waals surface area (Å²) in [5.74, 6) is 0. The van der Waals surface area contributed by atoms with Crippen LogP contribution in [0.5, 0.6) is 0 Å². The number of benzene rings is 1. The van der Waals surface area contributed by atoms with Crippen molar-refractivity contribution in [3.05, 3.63) is 35.9 Å². The van der Waals surface area contributed by atoms with Crippen molar-refractivity contribution in [2.45, 2.75) is 40.7 Å². The monoisotopic (exact) mass is 231 g/mol. The fourth-order valence-electron chi connectivity index (χ4n) is 3.63. The number of hydrogen-bond acceptors (Lipinski definition) is 1. The van der Waals surface area contributed by atoms with Crippen molar-refractivity contribution < 1.29 is 0 Å². The van der Waals surface area contributed by atoms with Gasteiger partial charge in [-0.2, -0.15) is 0 Å². The Morgan fingerprint density at radius 2 is 1.47 bits per heavy atom. The highest BCUT2D eigenvalue weighted by Gasteiger charge is 2.36. The molecule has 0 radical (unpaired) electrons. The van der Waals surface area contributed by atoms with Crippen molar-refractivity contribution in [1.82, 2.24) is 4.90 Å². The minimum absolute atomic E-state index is 0.441. The number of likely N-dealkylation sites (tertiary alicyclic amines) is 1. The molecule has 0 saturated carbocycles. The zero-order valence-electron chi connectivity index (χ0n) is 11.7. The maximum Gasteiger partial charge on any atom is 0.0234 e. The molecule has 1 aliphatic rings. The van der Waals surface area contributed by atoms with Crippen molar-refractivity contribution in [3.8, 4) is 0 Å². The van der Waals surface area contributed by atoms with Gasteiger partial charge in [-0.15, -0.1) is 0 Å². The lowest BCUT2D eigenvalue weighted by atomic mass is 9.71.